The average Bonchev–Trinajstić information content (AvgIpc) is 2.98. The zero-order valence-electron chi connectivity index (χ0n) is 12.1. The van der Waals surface area contributed by atoms with E-state index in [0.717, 1.165) is 17.1 Å². The van der Waals surface area contributed by atoms with E-state index in [9.17, 15) is 4.79 Å². The van der Waals surface area contributed by atoms with Gasteiger partial charge in [0.15, 0.2) is 5.65 Å². The lowest BCUT2D eigenvalue weighted by molar-refractivity contribution is 0.0957. The molecule has 0 unspecified atom stereocenters. The van der Waals surface area contributed by atoms with Gasteiger partial charge in [0.1, 0.15) is 10.7 Å². The highest BCUT2D eigenvalue weighted by Gasteiger charge is 2.12. The van der Waals surface area contributed by atoms with Gasteiger partial charge in [-0.15, -0.1) is 0 Å². The van der Waals surface area contributed by atoms with Gasteiger partial charge in [-0.1, -0.05) is 11.6 Å². The van der Waals surface area contributed by atoms with E-state index in [1.54, 1.807) is 40.9 Å². The van der Waals surface area contributed by atoms with E-state index in [4.69, 9.17) is 11.6 Å². The molecule has 8 heteroatoms. The maximum Gasteiger partial charge on any atom is 0.256 e. The molecule has 6 nitrogen and oxygen atoms in total. The standard InChI is InChI=1S/C15H14ClN5OS/c16-13-8-11(2-4-17-13)10-23-7-5-19-15(22)12-9-20-21-6-1-3-18-14(12)21/h1-4,6,8-9H,5,7,10H2,(H,19,22). The van der Waals surface area contributed by atoms with Crippen LogP contribution in [0.2, 0.25) is 5.15 Å². The van der Waals surface area contributed by atoms with Crippen molar-refractivity contribution in [3.8, 4) is 0 Å². The summed E-state index contributed by atoms with van der Waals surface area (Å²) in [4.78, 5) is 20.3. The van der Waals surface area contributed by atoms with Crippen LogP contribution in [0.5, 0.6) is 0 Å². The molecule has 0 aliphatic rings. The van der Waals surface area contributed by atoms with E-state index in [2.05, 4.69) is 20.4 Å². The topological polar surface area (TPSA) is 72.2 Å². The quantitative estimate of drug-likeness (QED) is 0.547. The third kappa shape index (κ3) is 4.00. The van der Waals surface area contributed by atoms with Gasteiger partial charge in [-0.2, -0.15) is 16.9 Å². The van der Waals surface area contributed by atoms with E-state index < -0.39 is 0 Å². The summed E-state index contributed by atoms with van der Waals surface area (Å²) in [7, 11) is 0. The van der Waals surface area contributed by atoms with Crippen LogP contribution in [0.15, 0.2) is 43.0 Å². The Hall–Kier alpha value is -2.12. The van der Waals surface area contributed by atoms with Crippen LogP contribution < -0.4 is 5.32 Å². The van der Waals surface area contributed by atoms with Crippen LogP contribution in [-0.4, -0.2) is 37.8 Å². The summed E-state index contributed by atoms with van der Waals surface area (Å²) in [6, 6.07) is 5.55. The fourth-order valence-electron chi connectivity index (χ4n) is 2.04. The number of pyridine rings is 1. The van der Waals surface area contributed by atoms with Crippen molar-refractivity contribution in [3.05, 3.63) is 59.3 Å². The zero-order chi connectivity index (χ0) is 16.1. The molecule has 0 aliphatic heterocycles. The average molecular weight is 348 g/mol. The van der Waals surface area contributed by atoms with Gasteiger partial charge in [0.25, 0.3) is 5.91 Å². The molecule has 0 saturated heterocycles. The first kappa shape index (κ1) is 15.8. The van der Waals surface area contributed by atoms with Crippen LogP contribution >= 0.6 is 23.4 Å². The Kier molecular flexibility index (Phi) is 5.09. The number of carbonyl (C=O) groups is 1. The number of fused-ring (bicyclic) bond motifs is 1. The maximum absolute atomic E-state index is 12.2. The van der Waals surface area contributed by atoms with Gasteiger partial charge >= 0.3 is 0 Å². The Morgan fingerprint density at radius 3 is 3.13 bits per heavy atom. The third-order valence-corrected chi connectivity index (χ3v) is 4.35. The minimum Gasteiger partial charge on any atom is -0.351 e. The molecular weight excluding hydrogens is 334 g/mol. The minimum absolute atomic E-state index is 0.161. The van der Waals surface area contributed by atoms with Crippen LogP contribution in [0.3, 0.4) is 0 Å². The molecule has 3 heterocycles. The van der Waals surface area contributed by atoms with Crippen LogP contribution in [0.1, 0.15) is 15.9 Å². The predicted molar refractivity (Wildman–Crippen MR) is 90.7 cm³/mol. The smallest absolute Gasteiger partial charge is 0.256 e. The first-order chi connectivity index (χ1) is 11.2. The molecule has 1 amide bonds. The van der Waals surface area contributed by atoms with Crippen molar-refractivity contribution in [2.24, 2.45) is 0 Å². The summed E-state index contributed by atoms with van der Waals surface area (Å²) < 4.78 is 1.58. The highest BCUT2D eigenvalue weighted by molar-refractivity contribution is 7.98. The van der Waals surface area contributed by atoms with Gasteiger partial charge in [-0.3, -0.25) is 4.79 Å². The molecule has 3 aromatic rings. The number of nitrogens with zero attached hydrogens (tertiary/aromatic N) is 4. The Bertz CT molecular complexity index is 822. The molecule has 0 atom stereocenters. The van der Waals surface area contributed by atoms with E-state index in [1.807, 2.05) is 12.1 Å². The number of amides is 1. The summed E-state index contributed by atoms with van der Waals surface area (Å²) in [5, 5.41) is 7.48. The van der Waals surface area contributed by atoms with Crippen molar-refractivity contribution in [1.82, 2.24) is 24.9 Å². The van der Waals surface area contributed by atoms with E-state index >= 15 is 0 Å². The molecule has 0 fully saturated rings. The number of hydrogen-bond acceptors (Lipinski definition) is 5. The minimum atomic E-state index is -0.161. The monoisotopic (exact) mass is 347 g/mol. The number of carbonyl (C=O) groups excluding carboxylic acids is 1. The number of rotatable bonds is 6. The van der Waals surface area contributed by atoms with Crippen molar-refractivity contribution >= 4 is 34.9 Å². The number of thioether (sulfide) groups is 1. The first-order valence-electron chi connectivity index (χ1n) is 6.99. The van der Waals surface area contributed by atoms with Gasteiger partial charge in [0.05, 0.1) is 6.20 Å². The lowest BCUT2D eigenvalue weighted by Gasteiger charge is -2.04. The maximum atomic E-state index is 12.2. The van der Waals surface area contributed by atoms with E-state index in [1.165, 1.54) is 6.20 Å². The number of nitrogens with one attached hydrogen (secondary N) is 1. The van der Waals surface area contributed by atoms with E-state index in [-0.39, 0.29) is 5.91 Å². The molecule has 0 bridgehead atoms. The summed E-state index contributed by atoms with van der Waals surface area (Å²) in [6.45, 7) is 0.576. The van der Waals surface area contributed by atoms with E-state index in [0.29, 0.717) is 22.9 Å². The molecule has 118 valence electrons. The normalized spacial score (nSPS) is 10.8. The second-order valence-corrected chi connectivity index (χ2v) is 6.23. The Morgan fingerprint density at radius 1 is 1.35 bits per heavy atom. The highest BCUT2D eigenvalue weighted by atomic mass is 35.5. The largest absolute Gasteiger partial charge is 0.351 e. The molecule has 23 heavy (non-hydrogen) atoms. The fourth-order valence-corrected chi connectivity index (χ4v) is 3.04. The number of hydrogen-bond donors (Lipinski definition) is 1. The van der Waals surface area contributed by atoms with Gasteiger partial charge in [-0.25, -0.2) is 14.5 Å². The van der Waals surface area contributed by atoms with Crippen LogP contribution in [0.4, 0.5) is 0 Å². The molecule has 0 spiro atoms. The summed E-state index contributed by atoms with van der Waals surface area (Å²) in [5.74, 6) is 1.47. The molecular formula is C15H14ClN5OS. The second-order valence-electron chi connectivity index (χ2n) is 4.74. The molecule has 3 rings (SSSR count). The lowest BCUT2D eigenvalue weighted by atomic mass is 10.3. The third-order valence-electron chi connectivity index (χ3n) is 3.12. The molecule has 0 aromatic carbocycles. The van der Waals surface area contributed by atoms with Crippen molar-refractivity contribution in [2.75, 3.05) is 12.3 Å². The molecule has 0 aliphatic carbocycles. The van der Waals surface area contributed by atoms with Gasteiger partial charge in [0.2, 0.25) is 0 Å². The summed E-state index contributed by atoms with van der Waals surface area (Å²) in [6.07, 6.45) is 6.63. The second kappa shape index (κ2) is 7.43. The molecule has 3 aromatic heterocycles. The number of aromatic nitrogens is 4. The molecule has 1 N–H and O–H groups in total. The van der Waals surface area contributed by atoms with Crippen LogP contribution in [0, 0.1) is 0 Å². The fraction of sp³-hybridized carbons (Fsp3) is 0.200. The zero-order valence-corrected chi connectivity index (χ0v) is 13.7. The first-order valence-corrected chi connectivity index (χ1v) is 8.52. The van der Waals surface area contributed by atoms with Gasteiger partial charge < -0.3 is 5.32 Å². The molecule has 0 radical (unpaired) electrons. The van der Waals surface area contributed by atoms with Crippen molar-refractivity contribution in [2.45, 2.75) is 5.75 Å². The van der Waals surface area contributed by atoms with Crippen LogP contribution in [-0.2, 0) is 5.75 Å². The Morgan fingerprint density at radius 2 is 2.26 bits per heavy atom. The Balaban J connectivity index is 1.46. The molecule has 0 saturated carbocycles. The van der Waals surface area contributed by atoms with Crippen molar-refractivity contribution in [3.63, 3.8) is 0 Å². The van der Waals surface area contributed by atoms with Crippen LogP contribution in [0.25, 0.3) is 5.65 Å². The summed E-state index contributed by atoms with van der Waals surface area (Å²) in [5.41, 5.74) is 2.16. The SMILES string of the molecule is O=C(NCCSCc1ccnc(Cl)c1)c1cnn2cccnc12. The van der Waals surface area contributed by atoms with Crippen molar-refractivity contribution < 1.29 is 4.79 Å². The van der Waals surface area contributed by atoms with Crippen molar-refractivity contribution in [1.29, 1.82) is 0 Å². The number of halogens is 1. The summed E-state index contributed by atoms with van der Waals surface area (Å²) >= 11 is 7.56. The highest BCUT2D eigenvalue weighted by Crippen LogP contribution is 2.14. The van der Waals surface area contributed by atoms with Gasteiger partial charge in [-0.05, 0) is 23.8 Å². The lowest BCUT2D eigenvalue weighted by Crippen LogP contribution is -2.25. The van der Waals surface area contributed by atoms with Gasteiger partial charge in [0, 0.05) is 36.6 Å². The Labute approximate surface area is 142 Å². The predicted octanol–water partition coefficient (Wildman–Crippen LogP) is 2.44.